The van der Waals surface area contributed by atoms with E-state index in [0.29, 0.717) is 28.4 Å². The molecular formula is C18H15N3O2. The molecule has 23 heavy (non-hydrogen) atoms. The van der Waals surface area contributed by atoms with E-state index in [1.807, 2.05) is 12.1 Å². The summed E-state index contributed by atoms with van der Waals surface area (Å²) < 4.78 is 5.09. The SMILES string of the molecule is COc1ccc(C(=O)c2cncc(-c3ccc(N)cc3)n2)cc1. The molecule has 0 aliphatic carbocycles. The molecule has 0 unspecified atom stereocenters. The van der Waals surface area contributed by atoms with E-state index >= 15 is 0 Å². The molecule has 5 nitrogen and oxygen atoms in total. The number of hydrogen-bond acceptors (Lipinski definition) is 5. The Labute approximate surface area is 133 Å². The fourth-order valence-electron chi connectivity index (χ4n) is 2.16. The molecule has 0 aliphatic heterocycles. The average molecular weight is 305 g/mol. The van der Waals surface area contributed by atoms with Crippen LogP contribution in [0.5, 0.6) is 5.75 Å². The van der Waals surface area contributed by atoms with Gasteiger partial charge in [0.2, 0.25) is 5.78 Å². The zero-order chi connectivity index (χ0) is 16.2. The topological polar surface area (TPSA) is 78.1 Å². The highest BCUT2D eigenvalue weighted by atomic mass is 16.5. The molecule has 0 fully saturated rings. The Morgan fingerprint density at radius 2 is 1.70 bits per heavy atom. The van der Waals surface area contributed by atoms with E-state index in [-0.39, 0.29) is 5.78 Å². The second-order valence-electron chi connectivity index (χ2n) is 4.97. The Hall–Kier alpha value is -3.21. The summed E-state index contributed by atoms with van der Waals surface area (Å²) in [5.74, 6) is 0.515. The van der Waals surface area contributed by atoms with E-state index in [9.17, 15) is 4.79 Å². The van der Waals surface area contributed by atoms with Gasteiger partial charge in [0, 0.05) is 16.8 Å². The molecule has 0 bridgehead atoms. The largest absolute Gasteiger partial charge is 0.497 e. The van der Waals surface area contributed by atoms with Gasteiger partial charge in [0.1, 0.15) is 11.4 Å². The van der Waals surface area contributed by atoms with Gasteiger partial charge in [0.05, 0.1) is 25.2 Å². The normalized spacial score (nSPS) is 10.3. The maximum Gasteiger partial charge on any atom is 0.212 e. The van der Waals surface area contributed by atoms with Crippen molar-refractivity contribution in [3.05, 3.63) is 72.2 Å². The quantitative estimate of drug-likeness (QED) is 0.592. The molecule has 0 aliphatic rings. The third-order valence-corrected chi connectivity index (χ3v) is 3.43. The van der Waals surface area contributed by atoms with Crippen molar-refractivity contribution in [3.63, 3.8) is 0 Å². The van der Waals surface area contributed by atoms with E-state index < -0.39 is 0 Å². The number of carbonyl (C=O) groups is 1. The van der Waals surface area contributed by atoms with Crippen LogP contribution in [0.25, 0.3) is 11.3 Å². The van der Waals surface area contributed by atoms with E-state index in [1.165, 1.54) is 6.20 Å². The second-order valence-corrected chi connectivity index (χ2v) is 4.97. The van der Waals surface area contributed by atoms with Crippen molar-refractivity contribution < 1.29 is 9.53 Å². The summed E-state index contributed by atoms with van der Waals surface area (Å²) in [7, 11) is 1.58. The number of anilines is 1. The van der Waals surface area contributed by atoms with Crippen molar-refractivity contribution in [2.45, 2.75) is 0 Å². The number of nitrogens with two attached hydrogens (primary N) is 1. The maximum atomic E-state index is 12.5. The van der Waals surface area contributed by atoms with Gasteiger partial charge in [-0.15, -0.1) is 0 Å². The van der Waals surface area contributed by atoms with Gasteiger partial charge in [0.15, 0.2) is 0 Å². The van der Waals surface area contributed by atoms with Crippen molar-refractivity contribution in [1.29, 1.82) is 0 Å². The smallest absolute Gasteiger partial charge is 0.212 e. The number of ketones is 1. The van der Waals surface area contributed by atoms with Crippen LogP contribution in [0.4, 0.5) is 5.69 Å². The summed E-state index contributed by atoms with van der Waals surface area (Å²) in [5, 5.41) is 0. The molecule has 3 aromatic rings. The van der Waals surface area contributed by atoms with Gasteiger partial charge in [-0.25, -0.2) is 4.98 Å². The Kier molecular flexibility index (Phi) is 4.01. The lowest BCUT2D eigenvalue weighted by Crippen LogP contribution is -2.05. The van der Waals surface area contributed by atoms with E-state index in [4.69, 9.17) is 10.5 Å². The van der Waals surface area contributed by atoms with Gasteiger partial charge >= 0.3 is 0 Å². The Bertz CT molecular complexity index is 828. The Morgan fingerprint density at radius 3 is 2.35 bits per heavy atom. The predicted octanol–water partition coefficient (Wildman–Crippen LogP) is 2.97. The number of carbonyl (C=O) groups excluding carboxylic acids is 1. The van der Waals surface area contributed by atoms with Crippen LogP contribution in [-0.2, 0) is 0 Å². The summed E-state index contributed by atoms with van der Waals surface area (Å²) in [6.07, 6.45) is 3.09. The van der Waals surface area contributed by atoms with E-state index in [1.54, 1.807) is 49.7 Å². The van der Waals surface area contributed by atoms with Crippen molar-refractivity contribution >= 4 is 11.5 Å². The van der Waals surface area contributed by atoms with Crippen LogP contribution in [0.1, 0.15) is 16.1 Å². The van der Waals surface area contributed by atoms with Gasteiger partial charge in [-0.05, 0) is 36.4 Å². The second kappa shape index (κ2) is 6.27. The third kappa shape index (κ3) is 3.18. The first-order valence-electron chi connectivity index (χ1n) is 7.04. The number of aromatic nitrogens is 2. The van der Waals surface area contributed by atoms with Crippen molar-refractivity contribution in [2.24, 2.45) is 0 Å². The first-order valence-corrected chi connectivity index (χ1v) is 7.04. The molecule has 0 amide bonds. The highest BCUT2D eigenvalue weighted by Gasteiger charge is 2.12. The van der Waals surface area contributed by atoms with Gasteiger partial charge in [0.25, 0.3) is 0 Å². The molecule has 1 aromatic heterocycles. The first-order chi connectivity index (χ1) is 11.2. The summed E-state index contributed by atoms with van der Waals surface area (Å²) in [6, 6.07) is 14.2. The first kappa shape index (κ1) is 14.7. The lowest BCUT2D eigenvalue weighted by Gasteiger charge is -2.05. The molecule has 1 heterocycles. The minimum Gasteiger partial charge on any atom is -0.497 e. The zero-order valence-corrected chi connectivity index (χ0v) is 12.6. The van der Waals surface area contributed by atoms with Gasteiger partial charge in [-0.1, -0.05) is 12.1 Å². The minimum absolute atomic E-state index is 0.183. The van der Waals surface area contributed by atoms with Crippen molar-refractivity contribution in [1.82, 2.24) is 9.97 Å². The van der Waals surface area contributed by atoms with E-state index in [0.717, 1.165) is 5.56 Å². The average Bonchev–Trinajstić information content (AvgIpc) is 2.62. The number of benzene rings is 2. The number of nitrogens with zero attached hydrogens (tertiary/aromatic N) is 2. The molecule has 0 spiro atoms. The zero-order valence-electron chi connectivity index (χ0n) is 12.6. The standard InChI is InChI=1S/C18H15N3O2/c1-23-15-8-4-13(5-9-15)18(22)17-11-20-10-16(21-17)12-2-6-14(19)7-3-12/h2-11H,19H2,1H3. The fourth-order valence-corrected chi connectivity index (χ4v) is 2.16. The highest BCUT2D eigenvalue weighted by Crippen LogP contribution is 2.19. The van der Waals surface area contributed by atoms with Gasteiger partial charge < -0.3 is 10.5 Å². The van der Waals surface area contributed by atoms with Crippen LogP contribution < -0.4 is 10.5 Å². The molecule has 2 N–H and O–H groups in total. The van der Waals surface area contributed by atoms with Crippen LogP contribution in [0.2, 0.25) is 0 Å². The molecular weight excluding hydrogens is 290 g/mol. The Morgan fingerprint density at radius 1 is 1.00 bits per heavy atom. The molecule has 2 aromatic carbocycles. The summed E-state index contributed by atoms with van der Waals surface area (Å²) >= 11 is 0. The van der Waals surface area contributed by atoms with Crippen molar-refractivity contribution in [2.75, 3.05) is 12.8 Å². The van der Waals surface area contributed by atoms with Crippen LogP contribution in [0, 0.1) is 0 Å². The summed E-state index contributed by atoms with van der Waals surface area (Å²) in [5.41, 5.74) is 8.67. The molecule has 5 heteroatoms. The number of nitrogen functional groups attached to an aromatic ring is 1. The number of rotatable bonds is 4. The molecule has 114 valence electrons. The summed E-state index contributed by atoms with van der Waals surface area (Å²) in [6.45, 7) is 0. The van der Waals surface area contributed by atoms with Crippen LogP contribution in [-0.4, -0.2) is 22.9 Å². The summed E-state index contributed by atoms with van der Waals surface area (Å²) in [4.78, 5) is 21.1. The van der Waals surface area contributed by atoms with Crippen LogP contribution >= 0.6 is 0 Å². The maximum absolute atomic E-state index is 12.5. The third-order valence-electron chi connectivity index (χ3n) is 3.43. The lowest BCUT2D eigenvalue weighted by atomic mass is 10.1. The minimum atomic E-state index is -0.183. The molecule has 0 saturated heterocycles. The molecule has 0 radical (unpaired) electrons. The Balaban J connectivity index is 1.92. The van der Waals surface area contributed by atoms with Crippen molar-refractivity contribution in [3.8, 4) is 17.0 Å². The lowest BCUT2D eigenvalue weighted by molar-refractivity contribution is 0.103. The molecule has 0 atom stereocenters. The predicted molar refractivity (Wildman–Crippen MR) is 88.3 cm³/mol. The fraction of sp³-hybridized carbons (Fsp3) is 0.0556. The number of ether oxygens (including phenoxy) is 1. The van der Waals surface area contributed by atoms with Gasteiger partial charge in [-0.3, -0.25) is 9.78 Å². The molecule has 3 rings (SSSR count). The van der Waals surface area contributed by atoms with E-state index in [2.05, 4.69) is 9.97 Å². The molecule has 0 saturated carbocycles. The highest BCUT2D eigenvalue weighted by molar-refractivity contribution is 6.07. The number of hydrogen-bond donors (Lipinski definition) is 1. The van der Waals surface area contributed by atoms with Crippen LogP contribution in [0.15, 0.2) is 60.9 Å². The van der Waals surface area contributed by atoms with Crippen LogP contribution in [0.3, 0.4) is 0 Å². The monoisotopic (exact) mass is 305 g/mol. The number of methoxy groups -OCH3 is 1. The van der Waals surface area contributed by atoms with Gasteiger partial charge in [-0.2, -0.15) is 0 Å².